The molecule has 0 spiro atoms. The lowest BCUT2D eigenvalue weighted by molar-refractivity contribution is 0.172. The maximum atomic E-state index is 12.8. The highest BCUT2D eigenvalue weighted by molar-refractivity contribution is 7.92. The van der Waals surface area contributed by atoms with E-state index in [1.54, 1.807) is 36.4 Å². The van der Waals surface area contributed by atoms with E-state index in [2.05, 4.69) is 10.0 Å². The van der Waals surface area contributed by atoms with E-state index < -0.39 is 20.0 Å². The molecule has 0 aromatic heterocycles. The van der Waals surface area contributed by atoms with Gasteiger partial charge in [0.15, 0.2) is 0 Å². The normalized spacial score (nSPS) is 15.5. The quantitative estimate of drug-likeness (QED) is 0.647. The fourth-order valence-corrected chi connectivity index (χ4v) is 5.64. The van der Waals surface area contributed by atoms with Gasteiger partial charge in [0.2, 0.25) is 20.0 Å². The third-order valence-electron chi connectivity index (χ3n) is 4.65. The second kappa shape index (κ2) is 9.43. The molecule has 1 saturated heterocycles. The van der Waals surface area contributed by atoms with Crippen molar-refractivity contribution in [2.45, 2.75) is 11.4 Å². The smallest absolute Gasteiger partial charge is 0.317 e. The maximum Gasteiger partial charge on any atom is 0.317 e. The highest BCUT2D eigenvalue weighted by atomic mass is 35.5. The number of hydrogen-bond acceptors (Lipinski definition) is 5. The molecule has 31 heavy (non-hydrogen) atoms. The van der Waals surface area contributed by atoms with Gasteiger partial charge in [-0.05, 0) is 29.8 Å². The average molecular weight is 487 g/mol. The SMILES string of the molecule is CS(=O)(=O)Nc1cccc(CNC(=O)N2CCN(S(=O)(=O)c3ccccc3Cl)CC2)c1. The zero-order valence-electron chi connectivity index (χ0n) is 16.8. The summed E-state index contributed by atoms with van der Waals surface area (Å²) in [5, 5.41) is 2.94. The van der Waals surface area contributed by atoms with Crippen molar-refractivity contribution in [3.05, 3.63) is 59.1 Å². The molecule has 12 heteroatoms. The molecule has 1 aliphatic heterocycles. The van der Waals surface area contributed by atoms with Crippen LogP contribution in [0.5, 0.6) is 0 Å². The number of nitrogens with one attached hydrogen (secondary N) is 2. The Morgan fingerprint density at radius 3 is 2.32 bits per heavy atom. The van der Waals surface area contributed by atoms with Crippen molar-refractivity contribution in [3.8, 4) is 0 Å². The number of nitrogens with zero attached hydrogens (tertiary/aromatic N) is 2. The van der Waals surface area contributed by atoms with Crippen LogP contribution in [-0.2, 0) is 26.6 Å². The molecule has 0 atom stereocenters. The zero-order valence-corrected chi connectivity index (χ0v) is 19.2. The number of carbonyl (C=O) groups excluding carboxylic acids is 1. The van der Waals surface area contributed by atoms with E-state index in [-0.39, 0.29) is 48.7 Å². The molecule has 3 rings (SSSR count). The number of halogens is 1. The van der Waals surface area contributed by atoms with E-state index in [0.29, 0.717) is 5.69 Å². The maximum absolute atomic E-state index is 12.8. The highest BCUT2D eigenvalue weighted by Gasteiger charge is 2.31. The van der Waals surface area contributed by atoms with Gasteiger partial charge in [-0.15, -0.1) is 0 Å². The molecule has 1 aliphatic rings. The molecule has 1 fully saturated rings. The first-order chi connectivity index (χ1) is 14.6. The third-order valence-corrected chi connectivity index (χ3v) is 7.66. The molecule has 0 bridgehead atoms. The van der Waals surface area contributed by atoms with Gasteiger partial charge in [-0.25, -0.2) is 21.6 Å². The number of rotatable bonds is 6. The van der Waals surface area contributed by atoms with Gasteiger partial charge in [-0.3, -0.25) is 4.72 Å². The Morgan fingerprint density at radius 1 is 1.00 bits per heavy atom. The zero-order chi connectivity index (χ0) is 22.6. The molecule has 2 aromatic rings. The Labute approximate surface area is 187 Å². The molecule has 168 valence electrons. The van der Waals surface area contributed by atoms with Gasteiger partial charge >= 0.3 is 6.03 Å². The van der Waals surface area contributed by atoms with Crippen LogP contribution in [0.25, 0.3) is 0 Å². The van der Waals surface area contributed by atoms with Crippen molar-refractivity contribution in [3.63, 3.8) is 0 Å². The molecule has 0 saturated carbocycles. The number of benzene rings is 2. The van der Waals surface area contributed by atoms with Gasteiger partial charge in [0, 0.05) is 38.4 Å². The highest BCUT2D eigenvalue weighted by Crippen LogP contribution is 2.25. The summed E-state index contributed by atoms with van der Waals surface area (Å²) in [6, 6.07) is 12.6. The number of anilines is 1. The van der Waals surface area contributed by atoms with Crippen LogP contribution in [0.4, 0.5) is 10.5 Å². The summed E-state index contributed by atoms with van der Waals surface area (Å²) < 4.78 is 52.0. The minimum Gasteiger partial charge on any atom is -0.334 e. The lowest BCUT2D eigenvalue weighted by Gasteiger charge is -2.34. The van der Waals surface area contributed by atoms with Crippen LogP contribution in [0.3, 0.4) is 0 Å². The molecule has 9 nitrogen and oxygen atoms in total. The predicted molar refractivity (Wildman–Crippen MR) is 119 cm³/mol. The Hall–Kier alpha value is -2.34. The van der Waals surface area contributed by atoms with E-state index in [9.17, 15) is 21.6 Å². The van der Waals surface area contributed by atoms with E-state index in [0.717, 1.165) is 11.8 Å². The Kier molecular flexibility index (Phi) is 7.10. The summed E-state index contributed by atoms with van der Waals surface area (Å²) >= 11 is 6.03. The van der Waals surface area contributed by atoms with E-state index in [1.807, 2.05) is 0 Å². The first-order valence-electron chi connectivity index (χ1n) is 9.40. The number of piperazine rings is 1. The van der Waals surface area contributed by atoms with Crippen LogP contribution in [-0.4, -0.2) is 64.5 Å². The fourth-order valence-electron chi connectivity index (χ4n) is 3.17. The minimum atomic E-state index is -3.73. The number of sulfonamides is 2. The summed E-state index contributed by atoms with van der Waals surface area (Å²) in [6.45, 7) is 1.01. The van der Waals surface area contributed by atoms with Gasteiger partial charge in [-0.2, -0.15) is 4.31 Å². The number of hydrogen-bond donors (Lipinski definition) is 2. The summed E-state index contributed by atoms with van der Waals surface area (Å²) in [6.07, 6.45) is 1.06. The van der Waals surface area contributed by atoms with Crippen molar-refractivity contribution < 1.29 is 21.6 Å². The first-order valence-corrected chi connectivity index (χ1v) is 13.1. The van der Waals surface area contributed by atoms with Crippen LogP contribution in [0, 0.1) is 0 Å². The first kappa shape index (κ1) is 23.3. The van der Waals surface area contributed by atoms with Gasteiger partial charge in [0.1, 0.15) is 4.90 Å². The van der Waals surface area contributed by atoms with E-state index in [1.165, 1.54) is 21.3 Å². The summed E-state index contributed by atoms with van der Waals surface area (Å²) in [5.74, 6) is 0. The van der Waals surface area contributed by atoms with Gasteiger partial charge in [0.25, 0.3) is 0 Å². The van der Waals surface area contributed by atoms with Crippen LogP contribution in [0.2, 0.25) is 5.02 Å². The number of carbonyl (C=O) groups is 1. The molecule has 2 amide bonds. The Morgan fingerprint density at radius 2 is 1.68 bits per heavy atom. The molecule has 0 unspecified atom stereocenters. The Bertz CT molecular complexity index is 1160. The van der Waals surface area contributed by atoms with Gasteiger partial charge in [-0.1, -0.05) is 35.9 Å². The van der Waals surface area contributed by atoms with E-state index >= 15 is 0 Å². The topological polar surface area (TPSA) is 116 Å². The van der Waals surface area contributed by atoms with Crippen molar-refractivity contribution in [2.75, 3.05) is 37.2 Å². The van der Waals surface area contributed by atoms with Gasteiger partial charge in [0.05, 0.1) is 11.3 Å². The molecule has 2 N–H and O–H groups in total. The molecule has 2 aromatic carbocycles. The number of amides is 2. The summed E-state index contributed by atoms with van der Waals surface area (Å²) in [7, 11) is -7.12. The third kappa shape index (κ3) is 6.10. The predicted octanol–water partition coefficient (Wildman–Crippen LogP) is 1.93. The summed E-state index contributed by atoms with van der Waals surface area (Å²) in [5.41, 5.74) is 1.13. The second-order valence-corrected chi connectivity index (χ2v) is 11.1. The summed E-state index contributed by atoms with van der Waals surface area (Å²) in [4.78, 5) is 14.1. The van der Waals surface area contributed by atoms with Crippen LogP contribution < -0.4 is 10.0 Å². The second-order valence-electron chi connectivity index (χ2n) is 7.05. The van der Waals surface area contributed by atoms with Crippen molar-refractivity contribution in [2.24, 2.45) is 0 Å². The van der Waals surface area contributed by atoms with Crippen molar-refractivity contribution in [1.82, 2.24) is 14.5 Å². The lowest BCUT2D eigenvalue weighted by Crippen LogP contribution is -2.53. The van der Waals surface area contributed by atoms with Crippen molar-refractivity contribution in [1.29, 1.82) is 0 Å². The molecule has 1 heterocycles. The number of urea groups is 1. The minimum absolute atomic E-state index is 0.0529. The molecule has 0 aliphatic carbocycles. The largest absolute Gasteiger partial charge is 0.334 e. The van der Waals surface area contributed by atoms with E-state index in [4.69, 9.17) is 11.6 Å². The van der Waals surface area contributed by atoms with Crippen LogP contribution in [0.15, 0.2) is 53.4 Å². The van der Waals surface area contributed by atoms with Crippen molar-refractivity contribution >= 4 is 43.4 Å². The lowest BCUT2D eigenvalue weighted by atomic mass is 10.2. The average Bonchev–Trinajstić information content (AvgIpc) is 2.71. The van der Waals surface area contributed by atoms with Gasteiger partial charge < -0.3 is 10.2 Å². The standard InChI is InChI=1S/C19H23ClN4O5S2/c1-30(26,27)22-16-6-4-5-15(13-16)14-21-19(25)23-9-11-24(12-10-23)31(28,29)18-8-3-2-7-17(18)20/h2-8,13,22H,9-12,14H2,1H3,(H,21,25). The van der Waals surface area contributed by atoms with Crippen LogP contribution >= 0.6 is 11.6 Å². The fraction of sp³-hybridized carbons (Fsp3) is 0.316. The molecule has 0 radical (unpaired) electrons. The Balaban J connectivity index is 1.55. The molecular weight excluding hydrogens is 464 g/mol. The monoisotopic (exact) mass is 486 g/mol. The van der Waals surface area contributed by atoms with Crippen LogP contribution in [0.1, 0.15) is 5.56 Å². The molecular formula is C19H23ClN4O5S2.